The van der Waals surface area contributed by atoms with Crippen LogP contribution in [0.25, 0.3) is 0 Å². The van der Waals surface area contributed by atoms with Crippen molar-refractivity contribution >= 4 is 6.29 Å². The fourth-order valence-corrected chi connectivity index (χ4v) is 1.08. The number of hydrogen-bond donors (Lipinski definition) is 1. The van der Waals surface area contributed by atoms with Gasteiger partial charge in [-0.2, -0.15) is 0 Å². The third kappa shape index (κ3) is 6.35. The second-order valence-electron chi connectivity index (χ2n) is 4.20. The van der Waals surface area contributed by atoms with Crippen LogP contribution in [0.1, 0.15) is 46.5 Å². The van der Waals surface area contributed by atoms with E-state index in [0.717, 1.165) is 32.0 Å². The van der Waals surface area contributed by atoms with Crippen LogP contribution < -0.4 is 0 Å². The molecule has 0 saturated heterocycles. The monoisotopic (exact) mass is 172 g/mol. The van der Waals surface area contributed by atoms with Crippen LogP contribution in [0.3, 0.4) is 0 Å². The van der Waals surface area contributed by atoms with E-state index in [-0.39, 0.29) is 11.5 Å². The lowest BCUT2D eigenvalue weighted by molar-refractivity contribution is -0.115. The van der Waals surface area contributed by atoms with Gasteiger partial charge < -0.3 is 9.90 Å². The number of carbonyl (C=O) groups excluding carboxylic acids is 1. The number of aliphatic hydroxyl groups is 1. The van der Waals surface area contributed by atoms with E-state index in [1.807, 2.05) is 13.8 Å². The second-order valence-corrected chi connectivity index (χ2v) is 4.20. The Hall–Kier alpha value is -0.370. The standard InChI is InChI=1S/C10H20O2/c1-9(12)6-4-5-7-10(2,3)8-11/h8-9,12H,4-7H2,1-3H3. The third-order valence-electron chi connectivity index (χ3n) is 2.01. The van der Waals surface area contributed by atoms with Gasteiger partial charge in [-0.05, 0) is 19.8 Å². The smallest absolute Gasteiger partial charge is 0.125 e. The van der Waals surface area contributed by atoms with Gasteiger partial charge in [-0.3, -0.25) is 0 Å². The van der Waals surface area contributed by atoms with Gasteiger partial charge in [0.05, 0.1) is 6.10 Å². The summed E-state index contributed by atoms with van der Waals surface area (Å²) in [6.45, 7) is 5.69. The Labute approximate surface area is 75.0 Å². The summed E-state index contributed by atoms with van der Waals surface area (Å²) in [5.74, 6) is 0. The van der Waals surface area contributed by atoms with Gasteiger partial charge in [0.2, 0.25) is 0 Å². The topological polar surface area (TPSA) is 37.3 Å². The van der Waals surface area contributed by atoms with Gasteiger partial charge in [0.25, 0.3) is 0 Å². The van der Waals surface area contributed by atoms with E-state index in [1.165, 1.54) is 0 Å². The molecule has 1 unspecified atom stereocenters. The highest BCUT2D eigenvalue weighted by Crippen LogP contribution is 2.20. The Kier molecular flexibility index (Phi) is 5.14. The van der Waals surface area contributed by atoms with E-state index in [0.29, 0.717) is 0 Å². The molecule has 0 aromatic heterocycles. The average molecular weight is 172 g/mol. The maximum Gasteiger partial charge on any atom is 0.125 e. The first-order valence-electron chi connectivity index (χ1n) is 4.62. The molecule has 0 fully saturated rings. The number of aliphatic hydroxyl groups excluding tert-OH is 1. The zero-order valence-corrected chi connectivity index (χ0v) is 8.34. The Morgan fingerprint density at radius 3 is 2.42 bits per heavy atom. The molecular formula is C10H20O2. The maximum absolute atomic E-state index is 10.5. The summed E-state index contributed by atoms with van der Waals surface area (Å²) in [5.41, 5.74) is -0.182. The molecule has 0 amide bonds. The quantitative estimate of drug-likeness (QED) is 0.492. The molecule has 1 N–H and O–H groups in total. The first kappa shape index (κ1) is 11.6. The Morgan fingerprint density at radius 2 is 2.00 bits per heavy atom. The molecule has 12 heavy (non-hydrogen) atoms. The fraction of sp³-hybridized carbons (Fsp3) is 0.900. The molecule has 0 rings (SSSR count). The summed E-state index contributed by atoms with van der Waals surface area (Å²) in [7, 11) is 0. The molecule has 2 heteroatoms. The summed E-state index contributed by atoms with van der Waals surface area (Å²) in [6, 6.07) is 0. The number of rotatable bonds is 6. The van der Waals surface area contributed by atoms with Gasteiger partial charge in [-0.25, -0.2) is 0 Å². The lowest BCUT2D eigenvalue weighted by atomic mass is 9.88. The SMILES string of the molecule is CC(O)CCCCC(C)(C)C=O. The van der Waals surface area contributed by atoms with Crippen LogP contribution in [-0.4, -0.2) is 17.5 Å². The molecule has 0 aliphatic heterocycles. The van der Waals surface area contributed by atoms with Crippen LogP contribution in [0.2, 0.25) is 0 Å². The molecule has 0 aromatic carbocycles. The molecule has 0 aromatic rings. The van der Waals surface area contributed by atoms with Crippen molar-refractivity contribution < 1.29 is 9.90 Å². The van der Waals surface area contributed by atoms with Crippen molar-refractivity contribution in [3.05, 3.63) is 0 Å². The van der Waals surface area contributed by atoms with Crippen molar-refractivity contribution in [2.24, 2.45) is 5.41 Å². The van der Waals surface area contributed by atoms with E-state index >= 15 is 0 Å². The van der Waals surface area contributed by atoms with Crippen LogP contribution in [0.4, 0.5) is 0 Å². The van der Waals surface area contributed by atoms with E-state index in [9.17, 15) is 4.79 Å². The van der Waals surface area contributed by atoms with E-state index in [1.54, 1.807) is 6.92 Å². The lowest BCUT2D eigenvalue weighted by Gasteiger charge is -2.16. The Bertz CT molecular complexity index is 128. The number of aldehydes is 1. The Balaban J connectivity index is 3.37. The molecule has 1 atom stereocenters. The van der Waals surface area contributed by atoms with Crippen LogP contribution in [0.5, 0.6) is 0 Å². The highest BCUT2D eigenvalue weighted by atomic mass is 16.3. The Morgan fingerprint density at radius 1 is 1.42 bits per heavy atom. The van der Waals surface area contributed by atoms with Crippen molar-refractivity contribution in [1.29, 1.82) is 0 Å². The van der Waals surface area contributed by atoms with E-state index < -0.39 is 0 Å². The first-order valence-corrected chi connectivity index (χ1v) is 4.62. The predicted octanol–water partition coefficient (Wildman–Crippen LogP) is 2.15. The van der Waals surface area contributed by atoms with Crippen molar-refractivity contribution in [3.8, 4) is 0 Å². The van der Waals surface area contributed by atoms with Gasteiger partial charge in [-0.15, -0.1) is 0 Å². The molecule has 2 nitrogen and oxygen atoms in total. The molecule has 0 spiro atoms. The molecule has 0 radical (unpaired) electrons. The molecule has 0 bridgehead atoms. The number of unbranched alkanes of at least 4 members (excludes halogenated alkanes) is 1. The molecule has 0 heterocycles. The third-order valence-corrected chi connectivity index (χ3v) is 2.01. The summed E-state index contributed by atoms with van der Waals surface area (Å²) in [6.07, 6.45) is 4.60. The molecule has 0 saturated carbocycles. The first-order chi connectivity index (χ1) is 5.48. The van der Waals surface area contributed by atoms with Crippen molar-refractivity contribution in [2.75, 3.05) is 0 Å². The summed E-state index contributed by atoms with van der Waals surface area (Å²) < 4.78 is 0. The second kappa shape index (κ2) is 5.31. The molecular weight excluding hydrogens is 152 g/mol. The van der Waals surface area contributed by atoms with Crippen molar-refractivity contribution in [1.82, 2.24) is 0 Å². The highest BCUT2D eigenvalue weighted by Gasteiger charge is 2.15. The molecule has 72 valence electrons. The van der Waals surface area contributed by atoms with Crippen LogP contribution in [0, 0.1) is 5.41 Å². The number of carbonyl (C=O) groups is 1. The maximum atomic E-state index is 10.5. The summed E-state index contributed by atoms with van der Waals surface area (Å²) >= 11 is 0. The van der Waals surface area contributed by atoms with Gasteiger partial charge in [0.1, 0.15) is 6.29 Å². The van der Waals surface area contributed by atoms with Gasteiger partial charge >= 0.3 is 0 Å². The summed E-state index contributed by atoms with van der Waals surface area (Å²) in [5, 5.41) is 8.97. The normalized spacial score (nSPS) is 14.3. The molecule has 0 aliphatic rings. The van der Waals surface area contributed by atoms with Gasteiger partial charge in [0, 0.05) is 5.41 Å². The lowest BCUT2D eigenvalue weighted by Crippen LogP contribution is -2.12. The highest BCUT2D eigenvalue weighted by molar-refractivity contribution is 5.57. The van der Waals surface area contributed by atoms with Crippen LogP contribution in [-0.2, 0) is 4.79 Å². The minimum Gasteiger partial charge on any atom is -0.393 e. The average Bonchev–Trinajstić information content (AvgIpc) is 1.98. The largest absolute Gasteiger partial charge is 0.393 e. The zero-order valence-electron chi connectivity index (χ0n) is 8.34. The van der Waals surface area contributed by atoms with Crippen molar-refractivity contribution in [2.45, 2.75) is 52.6 Å². The minimum atomic E-state index is -0.204. The predicted molar refractivity (Wildman–Crippen MR) is 50.0 cm³/mol. The zero-order chi connectivity index (χ0) is 9.61. The van der Waals surface area contributed by atoms with E-state index in [2.05, 4.69) is 0 Å². The van der Waals surface area contributed by atoms with E-state index in [4.69, 9.17) is 5.11 Å². The molecule has 0 aliphatic carbocycles. The van der Waals surface area contributed by atoms with Gasteiger partial charge in [-0.1, -0.05) is 26.7 Å². The fourth-order valence-electron chi connectivity index (χ4n) is 1.08. The minimum absolute atomic E-state index is 0.182. The van der Waals surface area contributed by atoms with Crippen LogP contribution in [0.15, 0.2) is 0 Å². The van der Waals surface area contributed by atoms with Crippen molar-refractivity contribution in [3.63, 3.8) is 0 Å². The summed E-state index contributed by atoms with van der Waals surface area (Å²) in [4.78, 5) is 10.5. The van der Waals surface area contributed by atoms with Crippen LogP contribution >= 0.6 is 0 Å². The van der Waals surface area contributed by atoms with Gasteiger partial charge in [0.15, 0.2) is 0 Å². The number of hydrogen-bond acceptors (Lipinski definition) is 2.